The molecule has 1 amide bonds. The molecule has 0 aliphatic carbocycles. The molecule has 0 bridgehead atoms. The van der Waals surface area contributed by atoms with Crippen LogP contribution in [0.2, 0.25) is 0 Å². The predicted octanol–water partition coefficient (Wildman–Crippen LogP) is 3.84. The summed E-state index contributed by atoms with van der Waals surface area (Å²) in [6, 6.07) is 11.6. The fourth-order valence-corrected chi connectivity index (χ4v) is 6.17. The zero-order chi connectivity index (χ0) is 24.6. The highest BCUT2D eigenvalue weighted by molar-refractivity contribution is 7.89. The van der Waals surface area contributed by atoms with Crippen LogP contribution in [0.15, 0.2) is 48.8 Å². The molecule has 4 heterocycles. The summed E-state index contributed by atoms with van der Waals surface area (Å²) in [4.78, 5) is 19.2. The number of hydrogen-bond donors (Lipinski definition) is 0. The van der Waals surface area contributed by atoms with Gasteiger partial charge in [-0.25, -0.2) is 17.7 Å². The number of hydrogen-bond acceptors (Lipinski definition) is 5. The summed E-state index contributed by atoms with van der Waals surface area (Å²) in [6.07, 6.45) is 7.12. The van der Waals surface area contributed by atoms with Crippen molar-refractivity contribution >= 4 is 26.8 Å². The second kappa shape index (κ2) is 9.62. The van der Waals surface area contributed by atoms with Gasteiger partial charge >= 0.3 is 0 Å². The molecule has 0 saturated carbocycles. The van der Waals surface area contributed by atoms with E-state index in [9.17, 15) is 13.2 Å². The molecule has 9 heteroatoms. The first-order chi connectivity index (χ1) is 16.8. The molecule has 2 aromatic heterocycles. The van der Waals surface area contributed by atoms with E-state index in [-0.39, 0.29) is 12.0 Å². The van der Waals surface area contributed by atoms with Gasteiger partial charge in [-0.1, -0.05) is 0 Å². The number of piperidine rings is 1. The molecule has 2 saturated heterocycles. The lowest BCUT2D eigenvalue weighted by atomic mass is 10.1. The van der Waals surface area contributed by atoms with Crippen LogP contribution in [0.5, 0.6) is 5.75 Å². The Balaban J connectivity index is 1.24. The molecule has 186 valence electrons. The van der Waals surface area contributed by atoms with Gasteiger partial charge in [0.15, 0.2) is 0 Å². The molecule has 35 heavy (non-hydrogen) atoms. The summed E-state index contributed by atoms with van der Waals surface area (Å²) in [5.74, 6) is 1.54. The van der Waals surface area contributed by atoms with Crippen LogP contribution < -0.4 is 4.74 Å². The average molecular weight is 497 g/mol. The van der Waals surface area contributed by atoms with E-state index in [0.717, 1.165) is 48.2 Å². The number of carbonyl (C=O) groups is 1. The standard InChI is InChI=1S/C26H32N4O4S/c1-19(2)35(32,33)29-14-10-22(11-15-29)34-23-6-8-25(27-18-23)30-16-9-20-17-21(5-7-24(20)30)26(31)28-12-3-4-13-28/h5-9,16-19,22H,3-4,10-15H2,1-2H3. The number of carbonyl (C=O) groups excluding carboxylic acids is 1. The van der Waals surface area contributed by atoms with E-state index in [0.29, 0.717) is 31.7 Å². The first-order valence-electron chi connectivity index (χ1n) is 12.4. The molecule has 5 rings (SSSR count). The molecule has 3 aromatic rings. The number of ether oxygens (including phenoxy) is 1. The topological polar surface area (TPSA) is 84.7 Å². The van der Waals surface area contributed by atoms with Gasteiger partial charge in [0, 0.05) is 43.3 Å². The van der Waals surface area contributed by atoms with E-state index in [1.807, 2.05) is 52.1 Å². The van der Waals surface area contributed by atoms with Crippen LogP contribution in [0.3, 0.4) is 0 Å². The van der Waals surface area contributed by atoms with Crippen LogP contribution in [-0.4, -0.2) is 70.6 Å². The Labute approximate surface area is 206 Å². The van der Waals surface area contributed by atoms with Crippen molar-refractivity contribution in [3.05, 3.63) is 54.4 Å². The van der Waals surface area contributed by atoms with Gasteiger partial charge in [0.1, 0.15) is 17.7 Å². The number of amides is 1. The van der Waals surface area contributed by atoms with E-state index in [4.69, 9.17) is 4.74 Å². The zero-order valence-corrected chi connectivity index (χ0v) is 21.1. The minimum atomic E-state index is -3.22. The summed E-state index contributed by atoms with van der Waals surface area (Å²) >= 11 is 0. The Kier molecular flexibility index (Phi) is 6.55. The van der Waals surface area contributed by atoms with Crippen molar-refractivity contribution < 1.29 is 17.9 Å². The molecule has 0 unspecified atom stereocenters. The maximum atomic E-state index is 12.7. The van der Waals surface area contributed by atoms with Crippen LogP contribution in [0, 0.1) is 0 Å². The molecular formula is C26H32N4O4S. The number of nitrogens with zero attached hydrogens (tertiary/aromatic N) is 4. The van der Waals surface area contributed by atoms with Crippen molar-refractivity contribution in [1.29, 1.82) is 0 Å². The number of aromatic nitrogens is 2. The van der Waals surface area contributed by atoms with Crippen LogP contribution in [0.4, 0.5) is 0 Å². The predicted molar refractivity (Wildman–Crippen MR) is 135 cm³/mol. The maximum Gasteiger partial charge on any atom is 0.253 e. The molecular weight excluding hydrogens is 464 g/mol. The number of fused-ring (bicyclic) bond motifs is 1. The summed E-state index contributed by atoms with van der Waals surface area (Å²) in [6.45, 7) is 6.07. The fraction of sp³-hybridized carbons (Fsp3) is 0.462. The van der Waals surface area contributed by atoms with Crippen LogP contribution in [-0.2, 0) is 10.0 Å². The number of likely N-dealkylation sites (tertiary alicyclic amines) is 1. The third-order valence-electron chi connectivity index (χ3n) is 6.96. The third kappa shape index (κ3) is 4.79. The van der Waals surface area contributed by atoms with Crippen molar-refractivity contribution in [2.75, 3.05) is 26.2 Å². The second-order valence-electron chi connectivity index (χ2n) is 9.62. The highest BCUT2D eigenvalue weighted by Gasteiger charge is 2.31. The maximum absolute atomic E-state index is 12.7. The van der Waals surface area contributed by atoms with Gasteiger partial charge in [0.2, 0.25) is 10.0 Å². The van der Waals surface area contributed by atoms with Crippen molar-refractivity contribution in [3.63, 3.8) is 0 Å². The Hall–Kier alpha value is -2.91. The third-order valence-corrected chi connectivity index (χ3v) is 9.23. The summed E-state index contributed by atoms with van der Waals surface area (Å²) in [7, 11) is -3.22. The van der Waals surface area contributed by atoms with Gasteiger partial charge in [-0.3, -0.25) is 4.79 Å². The van der Waals surface area contributed by atoms with Crippen LogP contribution in [0.1, 0.15) is 49.9 Å². The quantitative estimate of drug-likeness (QED) is 0.518. The first-order valence-corrected chi connectivity index (χ1v) is 13.9. The van der Waals surface area contributed by atoms with E-state index in [1.54, 1.807) is 24.3 Å². The largest absolute Gasteiger partial charge is 0.489 e. The Bertz CT molecular complexity index is 1300. The summed E-state index contributed by atoms with van der Waals surface area (Å²) < 4.78 is 34.4. The number of pyridine rings is 1. The Morgan fingerprint density at radius 1 is 1.03 bits per heavy atom. The molecule has 1 aromatic carbocycles. The molecule has 2 aliphatic heterocycles. The van der Waals surface area contributed by atoms with E-state index < -0.39 is 15.3 Å². The van der Waals surface area contributed by atoms with Gasteiger partial charge in [0.25, 0.3) is 5.91 Å². The van der Waals surface area contributed by atoms with Crippen LogP contribution in [0.25, 0.3) is 16.7 Å². The molecule has 0 atom stereocenters. The molecule has 0 N–H and O–H groups in total. The van der Waals surface area contributed by atoms with Crippen molar-refractivity contribution in [3.8, 4) is 11.6 Å². The van der Waals surface area contributed by atoms with E-state index in [2.05, 4.69) is 4.98 Å². The normalized spacial score (nSPS) is 18.0. The summed E-state index contributed by atoms with van der Waals surface area (Å²) in [5.41, 5.74) is 1.71. The molecule has 2 aliphatic rings. The van der Waals surface area contributed by atoms with Crippen molar-refractivity contribution in [2.45, 2.75) is 50.9 Å². The highest BCUT2D eigenvalue weighted by Crippen LogP contribution is 2.25. The van der Waals surface area contributed by atoms with Gasteiger partial charge in [-0.2, -0.15) is 0 Å². The zero-order valence-electron chi connectivity index (χ0n) is 20.3. The minimum absolute atomic E-state index is 0.0276. The Morgan fingerprint density at radius 2 is 1.77 bits per heavy atom. The van der Waals surface area contributed by atoms with Gasteiger partial charge in [-0.15, -0.1) is 0 Å². The smallest absolute Gasteiger partial charge is 0.253 e. The molecule has 0 radical (unpaired) electrons. The van der Waals surface area contributed by atoms with Gasteiger partial charge in [-0.05, 0) is 75.9 Å². The highest BCUT2D eigenvalue weighted by atomic mass is 32.2. The first kappa shape index (κ1) is 23.8. The lowest BCUT2D eigenvalue weighted by Crippen LogP contribution is -2.44. The van der Waals surface area contributed by atoms with E-state index >= 15 is 0 Å². The SMILES string of the molecule is CC(C)S(=O)(=O)N1CCC(Oc2ccc(-n3ccc4cc(C(=O)N5CCCC5)ccc43)nc2)CC1. The minimum Gasteiger partial charge on any atom is -0.489 e. The fourth-order valence-electron chi connectivity index (χ4n) is 4.86. The number of benzene rings is 1. The van der Waals surface area contributed by atoms with Crippen molar-refractivity contribution in [2.24, 2.45) is 0 Å². The monoisotopic (exact) mass is 496 g/mol. The van der Waals surface area contributed by atoms with E-state index in [1.165, 1.54) is 0 Å². The van der Waals surface area contributed by atoms with Crippen LogP contribution >= 0.6 is 0 Å². The molecule has 2 fully saturated rings. The number of rotatable bonds is 6. The van der Waals surface area contributed by atoms with Gasteiger partial charge in [0.05, 0.1) is 17.0 Å². The molecule has 8 nitrogen and oxygen atoms in total. The second-order valence-corrected chi connectivity index (χ2v) is 12.1. The number of sulfonamides is 1. The van der Waals surface area contributed by atoms with Gasteiger partial charge < -0.3 is 14.2 Å². The molecule has 0 spiro atoms. The average Bonchev–Trinajstić information content (AvgIpc) is 3.54. The van der Waals surface area contributed by atoms with Crippen molar-refractivity contribution in [1.82, 2.24) is 18.8 Å². The summed E-state index contributed by atoms with van der Waals surface area (Å²) in [5, 5.41) is 0.596. The lowest BCUT2D eigenvalue weighted by molar-refractivity contribution is 0.0793. The Morgan fingerprint density at radius 3 is 2.43 bits per heavy atom. The lowest BCUT2D eigenvalue weighted by Gasteiger charge is -2.32.